The van der Waals surface area contributed by atoms with Crippen molar-refractivity contribution < 1.29 is 17.9 Å². The van der Waals surface area contributed by atoms with Gasteiger partial charge in [-0.25, -0.2) is 8.42 Å². The summed E-state index contributed by atoms with van der Waals surface area (Å²) in [6.07, 6.45) is 1.10. The number of benzene rings is 1. The van der Waals surface area contributed by atoms with E-state index in [4.69, 9.17) is 4.74 Å². The Morgan fingerprint density at radius 1 is 1.17 bits per heavy atom. The van der Waals surface area contributed by atoms with E-state index in [2.05, 4.69) is 0 Å². The monoisotopic (exact) mass is 269 g/mol. The number of hydrogen-bond donors (Lipinski definition) is 0. The molecule has 5 nitrogen and oxygen atoms in total. The SMILES string of the molecule is O=CCc1ccc(S(=O)(=O)N2CCOCC2)cc1. The van der Waals surface area contributed by atoms with E-state index in [1.807, 2.05) is 0 Å². The second-order valence-corrected chi connectivity index (χ2v) is 5.97. The fourth-order valence-corrected chi connectivity index (χ4v) is 3.24. The zero-order valence-corrected chi connectivity index (χ0v) is 10.7. The zero-order chi connectivity index (χ0) is 13.0. The van der Waals surface area contributed by atoms with E-state index >= 15 is 0 Å². The van der Waals surface area contributed by atoms with E-state index in [-0.39, 0.29) is 4.90 Å². The molecule has 98 valence electrons. The van der Waals surface area contributed by atoms with Gasteiger partial charge in [-0.1, -0.05) is 12.1 Å². The number of carbonyl (C=O) groups excluding carboxylic acids is 1. The molecule has 0 radical (unpaired) electrons. The van der Waals surface area contributed by atoms with Crippen LogP contribution in [0.15, 0.2) is 29.2 Å². The second-order valence-electron chi connectivity index (χ2n) is 4.03. The average Bonchev–Trinajstić information content (AvgIpc) is 2.41. The predicted octanol–water partition coefficient (Wildman–Crippen LogP) is 0.449. The third kappa shape index (κ3) is 2.77. The van der Waals surface area contributed by atoms with Crippen LogP contribution in [0.25, 0.3) is 0 Å². The Bertz CT molecular complexity index is 503. The molecule has 0 aliphatic carbocycles. The van der Waals surface area contributed by atoms with Crippen LogP contribution in [0.1, 0.15) is 5.56 Å². The molecule has 0 saturated carbocycles. The van der Waals surface area contributed by atoms with Gasteiger partial charge in [-0.3, -0.25) is 0 Å². The molecule has 2 rings (SSSR count). The van der Waals surface area contributed by atoms with Gasteiger partial charge in [0.15, 0.2) is 0 Å². The van der Waals surface area contributed by atoms with E-state index in [1.54, 1.807) is 24.3 Å². The van der Waals surface area contributed by atoms with Crippen molar-refractivity contribution in [1.82, 2.24) is 4.31 Å². The first kappa shape index (κ1) is 13.2. The number of ether oxygens (including phenoxy) is 1. The zero-order valence-electron chi connectivity index (χ0n) is 9.91. The molecule has 0 amide bonds. The molecular weight excluding hydrogens is 254 g/mol. The van der Waals surface area contributed by atoms with Gasteiger partial charge in [-0.15, -0.1) is 0 Å². The lowest BCUT2D eigenvalue weighted by Crippen LogP contribution is -2.40. The van der Waals surface area contributed by atoms with Crippen molar-refractivity contribution in [2.75, 3.05) is 26.3 Å². The number of sulfonamides is 1. The summed E-state index contributed by atoms with van der Waals surface area (Å²) < 4.78 is 31.1. The second kappa shape index (κ2) is 5.60. The van der Waals surface area contributed by atoms with Crippen molar-refractivity contribution in [2.45, 2.75) is 11.3 Å². The summed E-state index contributed by atoms with van der Waals surface area (Å²) in [7, 11) is -3.43. The first-order valence-corrected chi connectivity index (χ1v) is 7.19. The quantitative estimate of drug-likeness (QED) is 0.744. The summed E-state index contributed by atoms with van der Waals surface area (Å²) in [6.45, 7) is 1.64. The van der Waals surface area contributed by atoms with Crippen LogP contribution in [-0.4, -0.2) is 45.3 Å². The van der Waals surface area contributed by atoms with Crippen LogP contribution in [0, 0.1) is 0 Å². The molecule has 1 aromatic carbocycles. The summed E-state index contributed by atoms with van der Waals surface area (Å²) in [5, 5.41) is 0. The highest BCUT2D eigenvalue weighted by Crippen LogP contribution is 2.17. The Morgan fingerprint density at radius 3 is 2.33 bits per heavy atom. The summed E-state index contributed by atoms with van der Waals surface area (Å²) in [4.78, 5) is 10.6. The van der Waals surface area contributed by atoms with Crippen molar-refractivity contribution in [1.29, 1.82) is 0 Å². The van der Waals surface area contributed by atoms with E-state index in [9.17, 15) is 13.2 Å². The van der Waals surface area contributed by atoms with Gasteiger partial charge >= 0.3 is 0 Å². The maximum atomic E-state index is 12.3. The molecule has 1 aliphatic rings. The van der Waals surface area contributed by atoms with Crippen LogP contribution in [-0.2, 0) is 26.0 Å². The van der Waals surface area contributed by atoms with Gasteiger partial charge in [0.05, 0.1) is 18.1 Å². The Kier molecular flexibility index (Phi) is 4.11. The molecule has 1 aromatic rings. The smallest absolute Gasteiger partial charge is 0.243 e. The van der Waals surface area contributed by atoms with Gasteiger partial charge in [-0.2, -0.15) is 4.31 Å². The number of rotatable bonds is 4. The minimum Gasteiger partial charge on any atom is -0.379 e. The fraction of sp³-hybridized carbons (Fsp3) is 0.417. The summed E-state index contributed by atoms with van der Waals surface area (Å²) in [6, 6.07) is 6.43. The lowest BCUT2D eigenvalue weighted by Gasteiger charge is -2.26. The Hall–Kier alpha value is -1.24. The van der Waals surface area contributed by atoms with Crippen LogP contribution < -0.4 is 0 Å². The van der Waals surface area contributed by atoms with Crippen LogP contribution in [0.4, 0.5) is 0 Å². The molecule has 1 heterocycles. The maximum Gasteiger partial charge on any atom is 0.243 e. The largest absolute Gasteiger partial charge is 0.379 e. The minimum absolute atomic E-state index is 0.263. The highest BCUT2D eigenvalue weighted by molar-refractivity contribution is 7.89. The Labute approximate surface area is 106 Å². The van der Waals surface area contributed by atoms with E-state index in [0.29, 0.717) is 32.7 Å². The number of aldehydes is 1. The normalized spacial score (nSPS) is 17.6. The predicted molar refractivity (Wildman–Crippen MR) is 65.8 cm³/mol. The highest BCUT2D eigenvalue weighted by Gasteiger charge is 2.25. The summed E-state index contributed by atoms with van der Waals surface area (Å²) >= 11 is 0. The van der Waals surface area contributed by atoms with Crippen LogP contribution in [0.2, 0.25) is 0 Å². The molecule has 0 spiro atoms. The lowest BCUT2D eigenvalue weighted by molar-refractivity contribution is -0.107. The minimum atomic E-state index is -3.43. The van der Waals surface area contributed by atoms with Crippen molar-refractivity contribution >= 4 is 16.3 Å². The third-order valence-electron chi connectivity index (χ3n) is 2.85. The number of carbonyl (C=O) groups is 1. The average molecular weight is 269 g/mol. The van der Waals surface area contributed by atoms with Crippen molar-refractivity contribution in [3.05, 3.63) is 29.8 Å². The van der Waals surface area contributed by atoms with Gasteiger partial charge in [0, 0.05) is 19.5 Å². The fourth-order valence-electron chi connectivity index (χ4n) is 1.83. The van der Waals surface area contributed by atoms with Crippen molar-refractivity contribution in [3.8, 4) is 0 Å². The van der Waals surface area contributed by atoms with E-state index in [1.165, 1.54) is 4.31 Å². The number of hydrogen-bond acceptors (Lipinski definition) is 4. The molecule has 18 heavy (non-hydrogen) atoms. The molecule has 1 saturated heterocycles. The molecule has 1 aliphatic heterocycles. The molecule has 0 aromatic heterocycles. The number of morpholine rings is 1. The van der Waals surface area contributed by atoms with Crippen molar-refractivity contribution in [2.24, 2.45) is 0 Å². The first-order chi connectivity index (χ1) is 8.64. The van der Waals surface area contributed by atoms with Gasteiger partial charge in [0.2, 0.25) is 10.0 Å². The first-order valence-electron chi connectivity index (χ1n) is 5.75. The Morgan fingerprint density at radius 2 is 1.78 bits per heavy atom. The summed E-state index contributed by atoms with van der Waals surface area (Å²) in [5.41, 5.74) is 0.811. The van der Waals surface area contributed by atoms with Gasteiger partial charge in [0.1, 0.15) is 6.29 Å². The third-order valence-corrected chi connectivity index (χ3v) is 4.76. The highest BCUT2D eigenvalue weighted by atomic mass is 32.2. The molecule has 1 fully saturated rings. The van der Waals surface area contributed by atoms with Gasteiger partial charge in [0.25, 0.3) is 0 Å². The molecule has 6 heteroatoms. The topological polar surface area (TPSA) is 63.7 Å². The van der Waals surface area contributed by atoms with Gasteiger partial charge < -0.3 is 9.53 Å². The lowest BCUT2D eigenvalue weighted by atomic mass is 10.2. The number of nitrogens with zero attached hydrogens (tertiary/aromatic N) is 1. The van der Waals surface area contributed by atoms with E-state index < -0.39 is 10.0 Å². The standard InChI is InChI=1S/C12H15NO4S/c14-8-5-11-1-3-12(4-2-11)18(15,16)13-6-9-17-10-7-13/h1-4,8H,5-7,9-10H2. The molecule has 0 atom stereocenters. The summed E-state index contributed by atoms with van der Waals surface area (Å²) in [5.74, 6) is 0. The van der Waals surface area contributed by atoms with Crippen LogP contribution >= 0.6 is 0 Å². The molecule has 0 N–H and O–H groups in total. The molecular formula is C12H15NO4S. The molecule has 0 bridgehead atoms. The van der Waals surface area contributed by atoms with Crippen LogP contribution in [0.3, 0.4) is 0 Å². The van der Waals surface area contributed by atoms with E-state index in [0.717, 1.165) is 11.8 Å². The molecule has 0 unspecified atom stereocenters. The van der Waals surface area contributed by atoms with Crippen LogP contribution in [0.5, 0.6) is 0 Å². The van der Waals surface area contributed by atoms with Gasteiger partial charge in [-0.05, 0) is 17.7 Å². The Balaban J connectivity index is 2.20. The van der Waals surface area contributed by atoms with Crippen molar-refractivity contribution in [3.63, 3.8) is 0 Å². The maximum absolute atomic E-state index is 12.3.